The van der Waals surface area contributed by atoms with E-state index in [-0.39, 0.29) is 12.0 Å². The van der Waals surface area contributed by atoms with Crippen LogP contribution in [0.4, 0.5) is 13.2 Å². The summed E-state index contributed by atoms with van der Waals surface area (Å²) in [4.78, 5) is 0. The second-order valence-electron chi connectivity index (χ2n) is 3.97. The van der Waals surface area contributed by atoms with Crippen LogP contribution in [0.3, 0.4) is 0 Å². The van der Waals surface area contributed by atoms with Crippen LogP contribution < -0.4 is 5.73 Å². The maximum atomic E-state index is 13.1. The Labute approximate surface area is 103 Å². The lowest BCUT2D eigenvalue weighted by Crippen LogP contribution is -2.55. The quantitative estimate of drug-likeness (QED) is 0.871. The van der Waals surface area contributed by atoms with Crippen LogP contribution >= 0.6 is 0 Å². The van der Waals surface area contributed by atoms with E-state index in [0.717, 1.165) is 12.1 Å². The smallest absolute Gasteiger partial charge is 0.375 e. The standard InChI is InChI=1S/C12H13F3N2O/c1-2-10(17)11(18,12(13,14)15)9-5-3-4-8(6-9)7-16/h3-6,10,18H,2,17H2,1H3. The van der Waals surface area contributed by atoms with Gasteiger partial charge in [0.25, 0.3) is 0 Å². The number of alkyl halides is 3. The molecule has 18 heavy (non-hydrogen) atoms. The van der Waals surface area contributed by atoms with E-state index in [2.05, 4.69) is 0 Å². The van der Waals surface area contributed by atoms with Gasteiger partial charge in [-0.15, -0.1) is 0 Å². The summed E-state index contributed by atoms with van der Waals surface area (Å²) in [6.45, 7) is 1.45. The van der Waals surface area contributed by atoms with Crippen LogP contribution in [0, 0.1) is 11.3 Å². The number of aliphatic hydroxyl groups is 1. The van der Waals surface area contributed by atoms with E-state index >= 15 is 0 Å². The molecule has 0 fully saturated rings. The van der Waals surface area contributed by atoms with Crippen molar-refractivity contribution in [1.29, 1.82) is 5.26 Å². The summed E-state index contributed by atoms with van der Waals surface area (Å²) in [6.07, 6.45) is -4.96. The van der Waals surface area contributed by atoms with Crippen molar-refractivity contribution in [2.24, 2.45) is 5.73 Å². The highest BCUT2D eigenvalue weighted by Gasteiger charge is 2.58. The lowest BCUT2D eigenvalue weighted by molar-refractivity contribution is -0.274. The number of hydrogen-bond acceptors (Lipinski definition) is 3. The molecule has 0 saturated carbocycles. The van der Waals surface area contributed by atoms with Crippen LogP contribution in [0.25, 0.3) is 0 Å². The molecular formula is C12H13F3N2O. The zero-order valence-electron chi connectivity index (χ0n) is 9.70. The van der Waals surface area contributed by atoms with Gasteiger partial charge in [-0.1, -0.05) is 19.1 Å². The van der Waals surface area contributed by atoms with Crippen molar-refractivity contribution in [3.05, 3.63) is 35.4 Å². The third-order valence-electron chi connectivity index (χ3n) is 2.84. The lowest BCUT2D eigenvalue weighted by atomic mass is 9.84. The minimum absolute atomic E-state index is 0.0403. The molecule has 3 N–H and O–H groups in total. The Kier molecular flexibility index (Phi) is 3.99. The van der Waals surface area contributed by atoms with Gasteiger partial charge in [0.2, 0.25) is 5.60 Å². The maximum Gasteiger partial charge on any atom is 0.422 e. The summed E-state index contributed by atoms with van der Waals surface area (Å²) < 4.78 is 39.2. The van der Waals surface area contributed by atoms with Crippen molar-refractivity contribution in [1.82, 2.24) is 0 Å². The van der Waals surface area contributed by atoms with E-state index in [9.17, 15) is 18.3 Å². The average molecular weight is 258 g/mol. The fourth-order valence-corrected chi connectivity index (χ4v) is 1.71. The molecule has 0 aliphatic rings. The highest BCUT2D eigenvalue weighted by Crippen LogP contribution is 2.41. The molecule has 2 atom stereocenters. The SMILES string of the molecule is CCC(N)C(O)(c1cccc(C#N)c1)C(F)(F)F. The van der Waals surface area contributed by atoms with Crippen molar-refractivity contribution >= 4 is 0 Å². The lowest BCUT2D eigenvalue weighted by Gasteiger charge is -2.35. The molecule has 6 heteroatoms. The molecule has 0 aromatic heterocycles. The number of benzene rings is 1. The Morgan fingerprint density at radius 1 is 1.44 bits per heavy atom. The highest BCUT2D eigenvalue weighted by atomic mass is 19.4. The topological polar surface area (TPSA) is 70.0 Å². The summed E-state index contributed by atoms with van der Waals surface area (Å²) in [5.41, 5.74) is 1.89. The van der Waals surface area contributed by atoms with Gasteiger partial charge in [-0.05, 0) is 24.1 Å². The second kappa shape index (κ2) is 4.96. The van der Waals surface area contributed by atoms with Gasteiger partial charge >= 0.3 is 6.18 Å². The van der Waals surface area contributed by atoms with Crippen molar-refractivity contribution < 1.29 is 18.3 Å². The van der Waals surface area contributed by atoms with Crippen LogP contribution in [0.5, 0.6) is 0 Å². The Hall–Kier alpha value is -1.58. The monoisotopic (exact) mass is 258 g/mol. The number of nitriles is 1. The molecule has 0 aliphatic heterocycles. The van der Waals surface area contributed by atoms with Crippen LogP contribution in [-0.2, 0) is 5.60 Å². The molecule has 0 aliphatic carbocycles. The largest absolute Gasteiger partial charge is 0.422 e. The number of rotatable bonds is 3. The fourth-order valence-electron chi connectivity index (χ4n) is 1.71. The number of hydrogen-bond donors (Lipinski definition) is 2. The van der Waals surface area contributed by atoms with Crippen LogP contribution in [-0.4, -0.2) is 17.3 Å². The minimum atomic E-state index is -4.91. The molecule has 98 valence electrons. The summed E-state index contributed by atoms with van der Waals surface area (Å²) in [7, 11) is 0. The first-order valence-corrected chi connectivity index (χ1v) is 5.32. The van der Waals surface area contributed by atoms with Gasteiger partial charge in [-0.25, -0.2) is 0 Å². The predicted octanol–water partition coefficient (Wildman–Crippen LogP) is 2.05. The van der Waals surface area contributed by atoms with Crippen molar-refractivity contribution in [3.63, 3.8) is 0 Å². The van der Waals surface area contributed by atoms with E-state index in [1.165, 1.54) is 19.1 Å². The molecular weight excluding hydrogens is 245 g/mol. The predicted molar refractivity (Wildman–Crippen MR) is 59.4 cm³/mol. The van der Waals surface area contributed by atoms with Gasteiger partial charge in [-0.3, -0.25) is 0 Å². The third-order valence-corrected chi connectivity index (χ3v) is 2.84. The summed E-state index contributed by atoms with van der Waals surface area (Å²) in [6, 6.07) is 5.00. The first-order valence-electron chi connectivity index (χ1n) is 5.32. The second-order valence-corrected chi connectivity index (χ2v) is 3.97. The molecule has 1 rings (SSSR count). The molecule has 3 nitrogen and oxygen atoms in total. The third kappa shape index (κ3) is 2.33. The Balaban J connectivity index is 3.40. The maximum absolute atomic E-state index is 13.1. The van der Waals surface area contributed by atoms with Gasteiger partial charge in [-0.2, -0.15) is 18.4 Å². The van der Waals surface area contributed by atoms with E-state index in [1.54, 1.807) is 6.07 Å². The Morgan fingerprint density at radius 3 is 2.50 bits per heavy atom. The van der Waals surface area contributed by atoms with E-state index < -0.39 is 23.4 Å². The Bertz CT molecular complexity index is 467. The molecule has 0 saturated heterocycles. The molecule has 1 aromatic rings. The normalized spacial score (nSPS) is 16.7. The number of nitrogens with zero attached hydrogens (tertiary/aromatic N) is 1. The summed E-state index contributed by atoms with van der Waals surface area (Å²) >= 11 is 0. The molecule has 0 radical (unpaired) electrons. The van der Waals surface area contributed by atoms with E-state index in [4.69, 9.17) is 11.0 Å². The van der Waals surface area contributed by atoms with Gasteiger partial charge < -0.3 is 10.8 Å². The van der Waals surface area contributed by atoms with Crippen LogP contribution in [0.15, 0.2) is 24.3 Å². The molecule has 0 bridgehead atoms. The number of nitrogens with two attached hydrogens (primary N) is 1. The van der Waals surface area contributed by atoms with Crippen molar-refractivity contribution in [2.75, 3.05) is 0 Å². The van der Waals surface area contributed by atoms with Crippen molar-refractivity contribution in [3.8, 4) is 6.07 Å². The molecule has 0 heterocycles. The van der Waals surface area contributed by atoms with Crippen molar-refractivity contribution in [2.45, 2.75) is 31.2 Å². The van der Waals surface area contributed by atoms with Gasteiger partial charge in [0, 0.05) is 6.04 Å². The van der Waals surface area contributed by atoms with E-state index in [0.29, 0.717) is 0 Å². The Morgan fingerprint density at radius 2 is 2.06 bits per heavy atom. The zero-order chi connectivity index (χ0) is 14.0. The number of halogens is 3. The molecule has 1 aromatic carbocycles. The fraction of sp³-hybridized carbons (Fsp3) is 0.417. The minimum Gasteiger partial charge on any atom is -0.375 e. The van der Waals surface area contributed by atoms with Gasteiger partial charge in [0.15, 0.2) is 0 Å². The summed E-state index contributed by atoms with van der Waals surface area (Å²) in [5.74, 6) is 0. The van der Waals surface area contributed by atoms with E-state index in [1.807, 2.05) is 0 Å². The first kappa shape index (κ1) is 14.5. The average Bonchev–Trinajstić information content (AvgIpc) is 2.35. The molecule has 2 unspecified atom stereocenters. The van der Waals surface area contributed by atoms with Gasteiger partial charge in [0.05, 0.1) is 11.6 Å². The molecule has 0 amide bonds. The van der Waals surface area contributed by atoms with Crippen LogP contribution in [0.2, 0.25) is 0 Å². The first-order chi connectivity index (χ1) is 8.27. The van der Waals surface area contributed by atoms with Gasteiger partial charge in [0.1, 0.15) is 0 Å². The van der Waals surface area contributed by atoms with Crippen LogP contribution in [0.1, 0.15) is 24.5 Å². The summed E-state index contributed by atoms with van der Waals surface area (Å²) in [5, 5.41) is 18.6. The zero-order valence-corrected chi connectivity index (χ0v) is 9.70. The molecule has 0 spiro atoms. The highest BCUT2D eigenvalue weighted by molar-refractivity contribution is 5.37.